The van der Waals surface area contributed by atoms with Crippen LogP contribution in [0, 0.1) is 5.82 Å². The van der Waals surface area contributed by atoms with E-state index in [9.17, 15) is 22.4 Å². The maximum absolute atomic E-state index is 13.3. The van der Waals surface area contributed by atoms with E-state index in [2.05, 4.69) is 15.9 Å². The summed E-state index contributed by atoms with van der Waals surface area (Å²) in [6.07, 6.45) is 0.290. The third-order valence-electron chi connectivity index (χ3n) is 5.08. The van der Waals surface area contributed by atoms with Crippen LogP contribution in [0.25, 0.3) is 11.0 Å². The Hall–Kier alpha value is -2.52. The number of benzene rings is 2. The number of hydrogen-bond acceptors (Lipinski definition) is 5. The van der Waals surface area contributed by atoms with Crippen molar-refractivity contribution in [3.8, 4) is 0 Å². The average molecular weight is 494 g/mol. The second-order valence-electron chi connectivity index (χ2n) is 7.23. The molecule has 2 heterocycles. The zero-order valence-electron chi connectivity index (χ0n) is 15.7. The van der Waals surface area contributed by atoms with Gasteiger partial charge in [-0.15, -0.1) is 0 Å². The predicted octanol–water partition coefficient (Wildman–Crippen LogP) is 3.52. The third-order valence-corrected chi connectivity index (χ3v) is 7.32. The molecule has 2 aromatic carbocycles. The van der Waals surface area contributed by atoms with Crippen LogP contribution >= 0.6 is 15.9 Å². The van der Waals surface area contributed by atoms with Gasteiger partial charge in [0.25, 0.3) is 5.91 Å². The maximum atomic E-state index is 13.3. The topological polar surface area (TPSA) is 84.7 Å². The first kappa shape index (κ1) is 20.7. The number of nitrogens with zero attached hydrogens (tertiary/aromatic N) is 1. The normalized spacial score (nSPS) is 17.9. The van der Waals surface area contributed by atoms with E-state index >= 15 is 0 Å². The lowest BCUT2D eigenvalue weighted by atomic mass is 10.1. The largest absolute Gasteiger partial charge is 0.451 e. The second kappa shape index (κ2) is 7.96. The van der Waals surface area contributed by atoms with Crippen LogP contribution in [0.5, 0.6) is 0 Å². The molecular formula is C21H17BrFNO5S. The molecule has 9 heteroatoms. The summed E-state index contributed by atoms with van der Waals surface area (Å²) in [5.74, 6) is -1.34. The summed E-state index contributed by atoms with van der Waals surface area (Å²) < 4.78 is 43.7. The van der Waals surface area contributed by atoms with Crippen molar-refractivity contribution in [1.82, 2.24) is 4.90 Å². The van der Waals surface area contributed by atoms with E-state index in [1.165, 1.54) is 29.2 Å². The first-order chi connectivity index (χ1) is 14.2. The first-order valence-corrected chi connectivity index (χ1v) is 11.8. The Bertz CT molecular complexity index is 1290. The summed E-state index contributed by atoms with van der Waals surface area (Å²) >= 11 is 3.31. The molecule has 3 aromatic rings. The molecule has 6 nitrogen and oxygen atoms in total. The molecule has 0 bridgehead atoms. The summed E-state index contributed by atoms with van der Waals surface area (Å²) in [5.41, 5.74) is 0.522. The number of hydrogen-bond donors (Lipinski definition) is 0. The number of halogens is 2. The van der Waals surface area contributed by atoms with Crippen molar-refractivity contribution in [1.29, 1.82) is 0 Å². The van der Waals surface area contributed by atoms with E-state index in [1.54, 1.807) is 18.2 Å². The summed E-state index contributed by atoms with van der Waals surface area (Å²) in [5, 5.41) is 0.336. The number of carbonyl (C=O) groups excluding carboxylic acids is 1. The molecule has 1 aromatic heterocycles. The fourth-order valence-corrected chi connectivity index (χ4v) is 5.62. The molecule has 0 radical (unpaired) electrons. The van der Waals surface area contributed by atoms with Crippen LogP contribution in [0.15, 0.2) is 62.2 Å². The van der Waals surface area contributed by atoms with E-state index in [1.807, 2.05) is 0 Å². The van der Waals surface area contributed by atoms with Crippen molar-refractivity contribution < 1.29 is 22.0 Å². The summed E-state index contributed by atoms with van der Waals surface area (Å²) in [4.78, 5) is 27.2. The Kier molecular flexibility index (Phi) is 5.50. The molecule has 1 fully saturated rings. The molecule has 0 N–H and O–H groups in total. The van der Waals surface area contributed by atoms with Gasteiger partial charge in [0.05, 0.1) is 16.9 Å². The van der Waals surface area contributed by atoms with Crippen LogP contribution in [0.1, 0.15) is 22.5 Å². The lowest BCUT2D eigenvalue weighted by Crippen LogP contribution is -2.40. The van der Waals surface area contributed by atoms with Crippen molar-refractivity contribution >= 4 is 42.6 Å². The fraction of sp³-hybridized carbons (Fsp3) is 0.238. The molecular weight excluding hydrogens is 477 g/mol. The van der Waals surface area contributed by atoms with Crippen LogP contribution in [0.3, 0.4) is 0 Å². The van der Waals surface area contributed by atoms with Gasteiger partial charge < -0.3 is 9.32 Å². The molecule has 1 atom stereocenters. The van der Waals surface area contributed by atoms with Gasteiger partial charge in [0.15, 0.2) is 21.0 Å². The molecule has 4 rings (SSSR count). The van der Waals surface area contributed by atoms with Crippen LogP contribution < -0.4 is 5.43 Å². The van der Waals surface area contributed by atoms with Gasteiger partial charge in [-0.2, -0.15) is 0 Å². The van der Waals surface area contributed by atoms with E-state index < -0.39 is 27.6 Å². The smallest absolute Gasteiger partial charge is 0.290 e. The van der Waals surface area contributed by atoms with Gasteiger partial charge >= 0.3 is 0 Å². The minimum absolute atomic E-state index is 0.0144. The lowest BCUT2D eigenvalue weighted by Gasteiger charge is -2.28. The van der Waals surface area contributed by atoms with E-state index in [0.717, 1.165) is 6.07 Å². The van der Waals surface area contributed by atoms with E-state index in [0.29, 0.717) is 21.8 Å². The number of sulfone groups is 1. The van der Waals surface area contributed by atoms with Crippen molar-refractivity contribution in [3.63, 3.8) is 0 Å². The number of carbonyl (C=O) groups is 1. The third kappa shape index (κ3) is 4.32. The monoisotopic (exact) mass is 493 g/mol. The molecule has 1 aliphatic heterocycles. The Morgan fingerprint density at radius 1 is 1.17 bits per heavy atom. The van der Waals surface area contributed by atoms with Crippen LogP contribution in [0.2, 0.25) is 0 Å². The minimum atomic E-state index is -3.26. The number of fused-ring (bicyclic) bond motifs is 1. The lowest BCUT2D eigenvalue weighted by molar-refractivity contribution is 0.0648. The van der Waals surface area contributed by atoms with Gasteiger partial charge in [-0.3, -0.25) is 9.59 Å². The summed E-state index contributed by atoms with van der Waals surface area (Å²) in [6, 6.07) is 11.1. The van der Waals surface area contributed by atoms with E-state index in [4.69, 9.17) is 4.42 Å². The molecule has 1 aliphatic rings. The number of rotatable bonds is 4. The standard InChI is InChI=1S/C21H17BrFNO5S/c22-14-3-6-17-18(25)10-20(29-19(17)9-14)21(26)24(16-7-8-30(27,28)12-16)11-13-1-4-15(23)5-2-13/h1-6,9-10,16H,7-8,11-12H2. The molecule has 30 heavy (non-hydrogen) atoms. The first-order valence-electron chi connectivity index (χ1n) is 9.21. The highest BCUT2D eigenvalue weighted by Crippen LogP contribution is 2.24. The molecule has 1 saturated heterocycles. The maximum Gasteiger partial charge on any atom is 0.290 e. The SMILES string of the molecule is O=C(c1cc(=O)c2ccc(Br)cc2o1)N(Cc1ccc(F)cc1)C1CCS(=O)(=O)C1. The molecule has 1 unspecified atom stereocenters. The quantitative estimate of drug-likeness (QED) is 0.554. The predicted molar refractivity (Wildman–Crippen MR) is 114 cm³/mol. The van der Waals surface area contributed by atoms with Crippen molar-refractivity contribution in [2.24, 2.45) is 0 Å². The van der Waals surface area contributed by atoms with Crippen LogP contribution in [-0.2, 0) is 16.4 Å². The Labute approximate surface area is 180 Å². The molecule has 156 valence electrons. The Morgan fingerprint density at radius 3 is 2.57 bits per heavy atom. The van der Waals surface area contributed by atoms with Crippen molar-refractivity contribution in [3.05, 3.63) is 80.4 Å². The minimum Gasteiger partial charge on any atom is -0.451 e. The number of amides is 1. The van der Waals surface area contributed by atoms with Gasteiger partial charge in [0, 0.05) is 23.1 Å². The van der Waals surface area contributed by atoms with Gasteiger partial charge in [-0.05, 0) is 42.3 Å². The Balaban J connectivity index is 1.74. The van der Waals surface area contributed by atoms with Crippen LogP contribution in [-0.4, -0.2) is 36.8 Å². The zero-order valence-corrected chi connectivity index (χ0v) is 18.1. The van der Waals surface area contributed by atoms with E-state index in [-0.39, 0.29) is 34.8 Å². The fourth-order valence-electron chi connectivity index (χ4n) is 3.55. The highest BCUT2D eigenvalue weighted by atomic mass is 79.9. The summed E-state index contributed by atoms with van der Waals surface area (Å²) in [7, 11) is -3.26. The molecule has 0 saturated carbocycles. The Morgan fingerprint density at radius 2 is 1.90 bits per heavy atom. The molecule has 0 aliphatic carbocycles. The average Bonchev–Trinajstić information content (AvgIpc) is 3.06. The van der Waals surface area contributed by atoms with Gasteiger partial charge in [0.1, 0.15) is 11.4 Å². The van der Waals surface area contributed by atoms with Gasteiger partial charge in [0.2, 0.25) is 0 Å². The highest BCUT2D eigenvalue weighted by molar-refractivity contribution is 9.10. The van der Waals surface area contributed by atoms with Crippen molar-refractivity contribution in [2.75, 3.05) is 11.5 Å². The van der Waals surface area contributed by atoms with Gasteiger partial charge in [-0.1, -0.05) is 28.1 Å². The zero-order chi connectivity index (χ0) is 21.5. The van der Waals surface area contributed by atoms with Gasteiger partial charge in [-0.25, -0.2) is 12.8 Å². The van der Waals surface area contributed by atoms with Crippen molar-refractivity contribution in [2.45, 2.75) is 19.0 Å². The second-order valence-corrected chi connectivity index (χ2v) is 10.4. The highest BCUT2D eigenvalue weighted by Gasteiger charge is 2.36. The molecule has 0 spiro atoms. The van der Waals surface area contributed by atoms with Crippen LogP contribution in [0.4, 0.5) is 4.39 Å². The summed E-state index contributed by atoms with van der Waals surface area (Å²) in [6.45, 7) is 0.0690. The molecule has 1 amide bonds.